The van der Waals surface area contributed by atoms with Crippen LogP contribution >= 0.6 is 0 Å². The summed E-state index contributed by atoms with van der Waals surface area (Å²) in [5.41, 5.74) is 5.45. The van der Waals surface area contributed by atoms with Gasteiger partial charge in [0.1, 0.15) is 11.8 Å². The van der Waals surface area contributed by atoms with Crippen molar-refractivity contribution in [1.29, 1.82) is 0 Å². The Morgan fingerprint density at radius 3 is 2.30 bits per heavy atom. The van der Waals surface area contributed by atoms with Gasteiger partial charge in [-0.05, 0) is 31.0 Å². The highest BCUT2D eigenvalue weighted by Gasteiger charge is 2.37. The van der Waals surface area contributed by atoms with E-state index in [1.54, 1.807) is 12.0 Å². The Labute approximate surface area is 190 Å². The lowest BCUT2D eigenvalue weighted by atomic mass is 10.0. The minimum Gasteiger partial charge on any atom is -0.497 e. The van der Waals surface area contributed by atoms with Crippen LogP contribution in [0.2, 0.25) is 0 Å². The number of H-pyrrole nitrogens is 2. The number of nitrogens with zero attached hydrogens (tertiary/aromatic N) is 2. The van der Waals surface area contributed by atoms with E-state index < -0.39 is 32.2 Å². The van der Waals surface area contributed by atoms with E-state index in [0.29, 0.717) is 6.42 Å². The van der Waals surface area contributed by atoms with Gasteiger partial charge in [-0.2, -0.15) is 4.31 Å². The molecule has 178 valence electrons. The van der Waals surface area contributed by atoms with Crippen LogP contribution in [-0.2, 0) is 14.8 Å². The Morgan fingerprint density at radius 1 is 1.03 bits per heavy atom. The summed E-state index contributed by atoms with van der Waals surface area (Å²) in [4.78, 5) is 41.9. The minimum absolute atomic E-state index is 0.0203. The largest absolute Gasteiger partial charge is 0.497 e. The van der Waals surface area contributed by atoms with E-state index >= 15 is 0 Å². The molecule has 1 aromatic carbocycles. The predicted octanol–water partition coefficient (Wildman–Crippen LogP) is -1.18. The second-order valence-corrected chi connectivity index (χ2v) is 9.87. The maximum absolute atomic E-state index is 13.0. The molecule has 2 atom stereocenters. The van der Waals surface area contributed by atoms with Gasteiger partial charge in [0.2, 0.25) is 15.9 Å². The number of methoxy groups -OCH3 is 1. The quantitative estimate of drug-likeness (QED) is 0.418. The summed E-state index contributed by atoms with van der Waals surface area (Å²) >= 11 is 0. The first-order valence-electron chi connectivity index (χ1n) is 10.5. The molecule has 0 aliphatic carbocycles. The molecule has 4 rings (SSSR count). The van der Waals surface area contributed by atoms with Crippen molar-refractivity contribution in [2.45, 2.75) is 30.3 Å². The zero-order valence-corrected chi connectivity index (χ0v) is 19.1. The second-order valence-electron chi connectivity index (χ2n) is 7.99. The summed E-state index contributed by atoms with van der Waals surface area (Å²) in [7, 11) is -2.51. The van der Waals surface area contributed by atoms with E-state index in [1.807, 2.05) is 29.2 Å². The Morgan fingerprint density at radius 2 is 1.70 bits per heavy atom. The van der Waals surface area contributed by atoms with E-state index in [1.165, 1.54) is 6.92 Å². The monoisotopic (exact) mass is 478 g/mol. The smallest absolute Gasteiger partial charge is 0.325 e. The van der Waals surface area contributed by atoms with Crippen LogP contribution in [0.15, 0.2) is 38.8 Å². The second kappa shape index (κ2) is 9.09. The van der Waals surface area contributed by atoms with Gasteiger partial charge in [-0.15, -0.1) is 0 Å². The van der Waals surface area contributed by atoms with Crippen LogP contribution in [0.3, 0.4) is 0 Å². The summed E-state index contributed by atoms with van der Waals surface area (Å²) < 4.78 is 32.3. The Bertz CT molecular complexity index is 1250. The van der Waals surface area contributed by atoms with E-state index in [2.05, 4.69) is 15.8 Å². The molecule has 2 aliphatic rings. The van der Waals surface area contributed by atoms with E-state index in [9.17, 15) is 22.8 Å². The molecular formula is C20H26N6O6S. The lowest BCUT2D eigenvalue weighted by molar-refractivity contribution is -0.134. The van der Waals surface area contributed by atoms with Crippen LogP contribution < -0.4 is 26.8 Å². The lowest BCUT2D eigenvalue weighted by Gasteiger charge is -2.35. The number of rotatable bonds is 5. The fourth-order valence-electron chi connectivity index (χ4n) is 4.17. The van der Waals surface area contributed by atoms with Crippen LogP contribution in [0.4, 0.5) is 0 Å². The zero-order valence-electron chi connectivity index (χ0n) is 18.3. The molecule has 0 spiro atoms. The normalized spacial score (nSPS) is 21.8. The number of ether oxygens (including phenoxy) is 1. The SMILES string of the molecule is COc1ccc(C2CC(C(=O)N3CCN(S(=O)(=O)c4c(C)[nH]c(=O)[nH]c4=O)CC3)NN2)cc1. The van der Waals surface area contributed by atoms with Crippen LogP contribution in [0.25, 0.3) is 0 Å². The first-order chi connectivity index (χ1) is 15.7. The van der Waals surface area contributed by atoms with Crippen molar-refractivity contribution in [2.75, 3.05) is 33.3 Å². The Hall–Kier alpha value is -3.00. The van der Waals surface area contributed by atoms with Gasteiger partial charge in [0, 0.05) is 37.9 Å². The third kappa shape index (κ3) is 4.57. The number of aromatic nitrogens is 2. The van der Waals surface area contributed by atoms with Crippen molar-refractivity contribution in [1.82, 2.24) is 30.0 Å². The molecule has 2 unspecified atom stereocenters. The molecule has 13 heteroatoms. The topological polar surface area (TPSA) is 157 Å². The van der Waals surface area contributed by atoms with Gasteiger partial charge in [0.25, 0.3) is 5.56 Å². The number of amides is 1. The molecule has 0 radical (unpaired) electrons. The van der Waals surface area contributed by atoms with Crippen molar-refractivity contribution in [2.24, 2.45) is 0 Å². The molecule has 1 amide bonds. The van der Waals surface area contributed by atoms with Gasteiger partial charge >= 0.3 is 5.69 Å². The molecule has 4 N–H and O–H groups in total. The zero-order chi connectivity index (χ0) is 23.8. The number of hydrogen-bond acceptors (Lipinski definition) is 8. The number of aryl methyl sites for hydroxylation is 1. The molecule has 2 fully saturated rings. The predicted molar refractivity (Wildman–Crippen MR) is 118 cm³/mol. The fourth-order valence-corrected chi connectivity index (χ4v) is 5.80. The van der Waals surface area contributed by atoms with Crippen molar-refractivity contribution in [3.8, 4) is 5.75 Å². The fraction of sp³-hybridized carbons (Fsp3) is 0.450. The number of hydrazine groups is 1. The highest BCUT2D eigenvalue weighted by atomic mass is 32.2. The number of nitrogens with one attached hydrogen (secondary N) is 4. The van der Waals surface area contributed by atoms with Gasteiger partial charge in [-0.3, -0.25) is 14.6 Å². The molecule has 2 saturated heterocycles. The van der Waals surface area contributed by atoms with Crippen LogP contribution in [0.1, 0.15) is 23.7 Å². The number of carbonyl (C=O) groups excluding carboxylic acids is 1. The summed E-state index contributed by atoms with van der Waals surface area (Å²) in [5.74, 6) is 0.637. The lowest BCUT2D eigenvalue weighted by Crippen LogP contribution is -2.55. The third-order valence-corrected chi connectivity index (χ3v) is 8.00. The summed E-state index contributed by atoms with van der Waals surface area (Å²) in [6.45, 7) is 1.86. The van der Waals surface area contributed by atoms with E-state index in [0.717, 1.165) is 15.6 Å². The highest BCUT2D eigenvalue weighted by Crippen LogP contribution is 2.25. The van der Waals surface area contributed by atoms with Gasteiger partial charge in [0.15, 0.2) is 4.90 Å². The molecule has 3 heterocycles. The summed E-state index contributed by atoms with van der Waals surface area (Å²) in [5, 5.41) is 0. The van der Waals surface area contributed by atoms with Crippen molar-refractivity contribution in [3.63, 3.8) is 0 Å². The summed E-state index contributed by atoms with van der Waals surface area (Å²) in [6, 6.07) is 7.12. The van der Waals surface area contributed by atoms with Crippen molar-refractivity contribution < 1.29 is 17.9 Å². The molecule has 0 bridgehead atoms. The molecule has 2 aliphatic heterocycles. The molecule has 33 heavy (non-hydrogen) atoms. The van der Waals surface area contributed by atoms with E-state index in [-0.39, 0.29) is 43.8 Å². The van der Waals surface area contributed by atoms with Crippen LogP contribution in [0, 0.1) is 6.92 Å². The van der Waals surface area contributed by atoms with Crippen molar-refractivity contribution >= 4 is 15.9 Å². The molecule has 2 aromatic rings. The minimum atomic E-state index is -4.12. The highest BCUT2D eigenvalue weighted by molar-refractivity contribution is 7.89. The number of sulfonamides is 1. The van der Waals surface area contributed by atoms with Crippen LogP contribution in [0.5, 0.6) is 5.75 Å². The van der Waals surface area contributed by atoms with Gasteiger partial charge in [0.05, 0.1) is 7.11 Å². The molecule has 12 nitrogen and oxygen atoms in total. The maximum atomic E-state index is 13.0. The average molecular weight is 479 g/mol. The number of benzene rings is 1. The van der Waals surface area contributed by atoms with E-state index in [4.69, 9.17) is 4.74 Å². The maximum Gasteiger partial charge on any atom is 0.325 e. The number of carbonyl (C=O) groups is 1. The molecule has 0 saturated carbocycles. The van der Waals surface area contributed by atoms with Crippen LogP contribution in [-0.4, -0.2) is 72.8 Å². The van der Waals surface area contributed by atoms with Gasteiger partial charge in [-0.25, -0.2) is 24.1 Å². The standard InChI is InChI=1S/C20H26N6O6S/c1-12-17(18(27)22-20(29)21-12)33(30,31)26-9-7-25(8-10-26)19(28)16-11-15(23-24-16)13-3-5-14(32-2)6-4-13/h3-6,15-16,23-24H,7-11H2,1-2H3,(H2,21,22,27,29). The number of piperazine rings is 1. The molecule has 1 aromatic heterocycles. The molecular weight excluding hydrogens is 452 g/mol. The first kappa shape index (κ1) is 23.2. The Kier molecular flexibility index (Phi) is 6.38. The Balaban J connectivity index is 1.38. The number of hydrogen-bond donors (Lipinski definition) is 4. The number of aromatic amines is 2. The van der Waals surface area contributed by atoms with Crippen molar-refractivity contribution in [3.05, 3.63) is 56.4 Å². The summed E-state index contributed by atoms with van der Waals surface area (Å²) in [6.07, 6.45) is 0.551. The third-order valence-electron chi connectivity index (χ3n) is 5.94. The van der Waals surface area contributed by atoms with Gasteiger partial charge in [-0.1, -0.05) is 12.1 Å². The first-order valence-corrected chi connectivity index (χ1v) is 11.9. The average Bonchev–Trinajstić information content (AvgIpc) is 3.28. The van der Waals surface area contributed by atoms with Gasteiger partial charge < -0.3 is 14.6 Å².